The zero-order valence-corrected chi connectivity index (χ0v) is 12.6. The molecule has 0 unspecified atom stereocenters. The molecule has 2 aromatic rings. The van der Waals surface area contributed by atoms with Gasteiger partial charge in [-0.3, -0.25) is 4.98 Å². The van der Waals surface area contributed by atoms with E-state index in [0.29, 0.717) is 18.1 Å². The second-order valence-corrected chi connectivity index (χ2v) is 5.09. The number of benzene rings is 1. The van der Waals surface area contributed by atoms with E-state index in [-0.39, 0.29) is 5.82 Å². The van der Waals surface area contributed by atoms with Crippen molar-refractivity contribution in [1.29, 1.82) is 0 Å². The summed E-state index contributed by atoms with van der Waals surface area (Å²) in [5, 5.41) is 0. The van der Waals surface area contributed by atoms with Crippen LogP contribution < -0.4 is 4.74 Å². The Labute approximate surface area is 125 Å². The second kappa shape index (κ2) is 7.02. The molecule has 0 aliphatic heterocycles. The third kappa shape index (κ3) is 3.91. The van der Waals surface area contributed by atoms with E-state index in [4.69, 9.17) is 4.74 Å². The zero-order chi connectivity index (χ0) is 15.2. The lowest BCUT2D eigenvalue weighted by molar-refractivity contribution is 0.333. The lowest BCUT2D eigenvalue weighted by Crippen LogP contribution is -2.01. The van der Waals surface area contributed by atoms with Crippen molar-refractivity contribution in [1.82, 2.24) is 4.98 Å². The summed E-state index contributed by atoms with van der Waals surface area (Å²) in [4.78, 5) is 4.46. The number of hydrogen-bond acceptors (Lipinski definition) is 2. The van der Waals surface area contributed by atoms with Gasteiger partial charge in [0.2, 0.25) is 0 Å². The molecule has 0 spiro atoms. The predicted octanol–water partition coefficient (Wildman–Crippen LogP) is 4.91. The largest absolute Gasteiger partial charge is 0.492 e. The summed E-state index contributed by atoms with van der Waals surface area (Å²) >= 11 is 0. The number of halogens is 1. The van der Waals surface area contributed by atoms with E-state index in [1.807, 2.05) is 25.1 Å². The van der Waals surface area contributed by atoms with Gasteiger partial charge in [0.15, 0.2) is 0 Å². The third-order valence-corrected chi connectivity index (χ3v) is 3.11. The van der Waals surface area contributed by atoms with Crippen molar-refractivity contribution in [2.75, 3.05) is 6.61 Å². The molecular formula is C18H20FNO. The molecule has 1 heterocycles. The predicted molar refractivity (Wildman–Crippen MR) is 84.8 cm³/mol. The summed E-state index contributed by atoms with van der Waals surface area (Å²) in [6.45, 7) is 6.72. The van der Waals surface area contributed by atoms with Crippen molar-refractivity contribution < 1.29 is 9.13 Å². The average molecular weight is 285 g/mol. The van der Waals surface area contributed by atoms with Crippen molar-refractivity contribution >= 4 is 12.2 Å². The van der Waals surface area contributed by atoms with Gasteiger partial charge >= 0.3 is 0 Å². The molecule has 21 heavy (non-hydrogen) atoms. The van der Waals surface area contributed by atoms with Crippen molar-refractivity contribution in [3.63, 3.8) is 0 Å². The summed E-state index contributed by atoms with van der Waals surface area (Å²) in [5.41, 5.74) is 2.40. The molecule has 0 radical (unpaired) electrons. The molecule has 1 aromatic carbocycles. The molecule has 0 amide bonds. The van der Waals surface area contributed by atoms with Crippen LogP contribution in [0.1, 0.15) is 43.5 Å². The van der Waals surface area contributed by atoms with Crippen molar-refractivity contribution in [3.8, 4) is 5.75 Å². The van der Waals surface area contributed by atoms with Gasteiger partial charge in [-0.15, -0.1) is 0 Å². The Kier molecular flexibility index (Phi) is 5.09. The highest BCUT2D eigenvalue weighted by molar-refractivity contribution is 5.70. The molecule has 0 fully saturated rings. The number of nitrogens with zero attached hydrogens (tertiary/aromatic N) is 1. The van der Waals surface area contributed by atoms with Gasteiger partial charge in [-0.25, -0.2) is 4.39 Å². The monoisotopic (exact) mass is 285 g/mol. The van der Waals surface area contributed by atoms with Gasteiger partial charge in [-0.05, 0) is 30.5 Å². The fraction of sp³-hybridized carbons (Fsp3) is 0.278. The van der Waals surface area contributed by atoms with Gasteiger partial charge in [0, 0.05) is 11.8 Å². The van der Waals surface area contributed by atoms with E-state index in [1.54, 1.807) is 24.4 Å². The average Bonchev–Trinajstić information content (AvgIpc) is 2.46. The first-order valence-corrected chi connectivity index (χ1v) is 7.17. The maximum atomic E-state index is 13.6. The van der Waals surface area contributed by atoms with Crippen LogP contribution in [0.3, 0.4) is 0 Å². The number of pyridine rings is 1. The maximum Gasteiger partial charge on any atom is 0.141 e. The van der Waals surface area contributed by atoms with Crippen molar-refractivity contribution in [2.24, 2.45) is 0 Å². The van der Waals surface area contributed by atoms with E-state index in [0.717, 1.165) is 17.0 Å². The van der Waals surface area contributed by atoms with Crippen LogP contribution in [0, 0.1) is 5.82 Å². The smallest absolute Gasteiger partial charge is 0.141 e. The lowest BCUT2D eigenvalue weighted by atomic mass is 10.1. The topological polar surface area (TPSA) is 22.1 Å². The Morgan fingerprint density at radius 1 is 1.24 bits per heavy atom. The molecule has 0 saturated heterocycles. The molecule has 0 atom stereocenters. The van der Waals surface area contributed by atoms with Crippen LogP contribution in [0.25, 0.3) is 12.2 Å². The molecule has 110 valence electrons. The summed E-state index contributed by atoms with van der Waals surface area (Å²) < 4.78 is 19.2. The van der Waals surface area contributed by atoms with Crippen molar-refractivity contribution in [3.05, 3.63) is 59.2 Å². The minimum absolute atomic E-state index is 0.231. The van der Waals surface area contributed by atoms with Crippen LogP contribution >= 0.6 is 0 Å². The molecule has 0 aliphatic rings. The molecule has 2 nitrogen and oxygen atoms in total. The number of hydrogen-bond donors (Lipinski definition) is 0. The van der Waals surface area contributed by atoms with Gasteiger partial charge < -0.3 is 4.74 Å². The Hall–Kier alpha value is -2.16. The SMILES string of the molecule is CCOc1cc(/C=C/c2ccccc2F)cnc1C(C)C. The number of aromatic nitrogens is 1. The van der Waals surface area contributed by atoms with E-state index < -0.39 is 0 Å². The maximum absolute atomic E-state index is 13.6. The van der Waals surface area contributed by atoms with Gasteiger partial charge in [0.05, 0.1) is 12.3 Å². The van der Waals surface area contributed by atoms with E-state index in [1.165, 1.54) is 6.07 Å². The molecule has 2 rings (SSSR count). The van der Waals surface area contributed by atoms with Gasteiger partial charge in [0.25, 0.3) is 0 Å². The van der Waals surface area contributed by atoms with Crippen LogP contribution in [0.2, 0.25) is 0 Å². The Morgan fingerprint density at radius 3 is 2.67 bits per heavy atom. The Bertz CT molecular complexity index is 635. The first-order valence-electron chi connectivity index (χ1n) is 7.17. The number of rotatable bonds is 5. The fourth-order valence-electron chi connectivity index (χ4n) is 2.06. The third-order valence-electron chi connectivity index (χ3n) is 3.11. The summed E-state index contributed by atoms with van der Waals surface area (Å²) in [6, 6.07) is 8.63. The highest BCUT2D eigenvalue weighted by Gasteiger charge is 2.09. The molecule has 0 bridgehead atoms. The standard InChI is InChI=1S/C18H20FNO/c1-4-21-17-11-14(12-20-18(17)13(2)3)9-10-15-7-5-6-8-16(15)19/h5-13H,4H2,1-3H3/b10-9+. The molecular weight excluding hydrogens is 265 g/mol. The van der Waals surface area contributed by atoms with Crippen LogP contribution in [-0.2, 0) is 0 Å². The Morgan fingerprint density at radius 2 is 2.00 bits per heavy atom. The van der Waals surface area contributed by atoms with Crippen molar-refractivity contribution in [2.45, 2.75) is 26.7 Å². The Balaban J connectivity index is 2.28. The summed E-state index contributed by atoms with van der Waals surface area (Å²) in [7, 11) is 0. The van der Waals surface area contributed by atoms with E-state index in [9.17, 15) is 4.39 Å². The lowest BCUT2D eigenvalue weighted by Gasteiger charge is -2.12. The van der Waals surface area contributed by atoms with Crippen LogP contribution in [0.5, 0.6) is 5.75 Å². The molecule has 0 N–H and O–H groups in total. The summed E-state index contributed by atoms with van der Waals surface area (Å²) in [5.74, 6) is 0.866. The van der Waals surface area contributed by atoms with E-state index >= 15 is 0 Å². The van der Waals surface area contributed by atoms with Gasteiger partial charge in [-0.1, -0.05) is 44.2 Å². The van der Waals surface area contributed by atoms with E-state index in [2.05, 4.69) is 18.8 Å². The minimum atomic E-state index is -0.231. The first-order chi connectivity index (χ1) is 10.1. The normalized spacial score (nSPS) is 11.3. The van der Waals surface area contributed by atoms with Gasteiger partial charge in [0.1, 0.15) is 11.6 Å². The van der Waals surface area contributed by atoms with Crippen LogP contribution in [-0.4, -0.2) is 11.6 Å². The number of ether oxygens (including phenoxy) is 1. The van der Waals surface area contributed by atoms with Crippen LogP contribution in [0.4, 0.5) is 4.39 Å². The quantitative estimate of drug-likeness (QED) is 0.778. The minimum Gasteiger partial charge on any atom is -0.492 e. The fourth-order valence-corrected chi connectivity index (χ4v) is 2.06. The second-order valence-electron chi connectivity index (χ2n) is 5.09. The zero-order valence-electron chi connectivity index (χ0n) is 12.6. The van der Waals surface area contributed by atoms with Gasteiger partial charge in [-0.2, -0.15) is 0 Å². The molecule has 1 aromatic heterocycles. The highest BCUT2D eigenvalue weighted by Crippen LogP contribution is 2.26. The molecule has 3 heteroatoms. The first kappa shape index (κ1) is 15.2. The highest BCUT2D eigenvalue weighted by atomic mass is 19.1. The summed E-state index contributed by atoms with van der Waals surface area (Å²) in [6.07, 6.45) is 5.38. The van der Waals surface area contributed by atoms with Crippen LogP contribution in [0.15, 0.2) is 36.5 Å². The molecule has 0 saturated carbocycles. The molecule has 0 aliphatic carbocycles.